The zero-order valence-corrected chi connectivity index (χ0v) is 9.88. The summed E-state index contributed by atoms with van der Waals surface area (Å²) < 4.78 is 0. The topological polar surface area (TPSA) is 12.0 Å². The van der Waals surface area contributed by atoms with Crippen LogP contribution in [0.5, 0.6) is 0 Å². The first kappa shape index (κ1) is 11.1. The highest BCUT2D eigenvalue weighted by Gasteiger charge is 2.03. The summed E-state index contributed by atoms with van der Waals surface area (Å²) in [6.07, 6.45) is 3.42. The Bertz CT molecular complexity index is 209. The minimum Gasteiger partial charge on any atom is -0.309 e. The first-order chi connectivity index (χ1) is 6.34. The summed E-state index contributed by atoms with van der Waals surface area (Å²) in [6, 6.07) is 4.82. The Hall–Kier alpha value is 0.01000. The second kappa shape index (κ2) is 6.46. The van der Waals surface area contributed by atoms with E-state index in [4.69, 9.17) is 0 Å². The molecule has 1 aromatic heterocycles. The van der Waals surface area contributed by atoms with Crippen LogP contribution >= 0.6 is 23.1 Å². The zero-order chi connectivity index (χ0) is 9.52. The number of nitrogens with one attached hydrogen (secondary N) is 1. The molecule has 0 unspecified atom stereocenters. The summed E-state index contributed by atoms with van der Waals surface area (Å²) in [5.74, 6) is 1.25. The predicted octanol–water partition coefficient (Wildman–Crippen LogP) is 3.15. The molecule has 1 heterocycles. The second-order valence-corrected chi connectivity index (χ2v) is 5.00. The van der Waals surface area contributed by atoms with E-state index in [-0.39, 0.29) is 0 Å². The van der Waals surface area contributed by atoms with Crippen molar-refractivity contribution in [3.8, 4) is 0 Å². The predicted molar refractivity (Wildman–Crippen MR) is 63.7 cm³/mol. The Morgan fingerprint density at radius 1 is 1.62 bits per heavy atom. The van der Waals surface area contributed by atoms with Crippen LogP contribution in [0.2, 0.25) is 0 Å². The lowest BCUT2D eigenvalue weighted by Crippen LogP contribution is -2.19. The minimum absolute atomic E-state index is 0.516. The third-order valence-electron chi connectivity index (χ3n) is 1.95. The minimum atomic E-state index is 0.516. The fraction of sp³-hybridized carbons (Fsp3) is 0.600. The molecule has 1 aromatic rings. The monoisotopic (exact) mass is 215 g/mol. The van der Waals surface area contributed by atoms with Gasteiger partial charge in [-0.15, -0.1) is 11.3 Å². The average molecular weight is 215 g/mol. The van der Waals surface area contributed by atoms with Gasteiger partial charge in [0, 0.05) is 10.9 Å². The van der Waals surface area contributed by atoms with Crippen molar-refractivity contribution in [1.82, 2.24) is 5.32 Å². The summed E-state index contributed by atoms with van der Waals surface area (Å²) in [5.41, 5.74) is 0. The van der Waals surface area contributed by atoms with E-state index in [9.17, 15) is 0 Å². The standard InChI is InChI=1S/C10H17NS2/c1-9(10-5-3-8-13-10)11-6-4-7-12-2/h3,5,8-9,11H,4,6-7H2,1-2H3/t9-/m1/s1. The molecule has 3 heteroatoms. The summed E-state index contributed by atoms with van der Waals surface area (Å²) in [7, 11) is 0. The van der Waals surface area contributed by atoms with Gasteiger partial charge >= 0.3 is 0 Å². The van der Waals surface area contributed by atoms with Crippen LogP contribution in [-0.4, -0.2) is 18.6 Å². The molecule has 1 nitrogen and oxygen atoms in total. The normalized spacial score (nSPS) is 13.1. The fourth-order valence-corrected chi connectivity index (χ4v) is 2.37. The largest absolute Gasteiger partial charge is 0.309 e. The van der Waals surface area contributed by atoms with Gasteiger partial charge in [0.15, 0.2) is 0 Å². The molecular formula is C10H17NS2. The van der Waals surface area contributed by atoms with Crippen molar-refractivity contribution in [3.63, 3.8) is 0 Å². The second-order valence-electron chi connectivity index (χ2n) is 3.04. The molecule has 13 heavy (non-hydrogen) atoms. The molecule has 0 aliphatic rings. The van der Waals surface area contributed by atoms with E-state index in [2.05, 4.69) is 36.0 Å². The van der Waals surface area contributed by atoms with Crippen molar-refractivity contribution < 1.29 is 0 Å². The molecular weight excluding hydrogens is 198 g/mol. The van der Waals surface area contributed by atoms with Crippen molar-refractivity contribution in [3.05, 3.63) is 22.4 Å². The average Bonchev–Trinajstić information content (AvgIpc) is 2.65. The van der Waals surface area contributed by atoms with Crippen molar-refractivity contribution in [2.24, 2.45) is 0 Å². The van der Waals surface area contributed by atoms with E-state index in [0.717, 1.165) is 6.54 Å². The van der Waals surface area contributed by atoms with Crippen LogP contribution < -0.4 is 5.32 Å². The molecule has 0 aliphatic carbocycles. The van der Waals surface area contributed by atoms with Gasteiger partial charge in [0.1, 0.15) is 0 Å². The van der Waals surface area contributed by atoms with Crippen LogP contribution in [0, 0.1) is 0 Å². The van der Waals surface area contributed by atoms with Gasteiger partial charge in [-0.1, -0.05) is 6.07 Å². The Balaban J connectivity index is 2.15. The van der Waals surface area contributed by atoms with Gasteiger partial charge in [0.2, 0.25) is 0 Å². The highest BCUT2D eigenvalue weighted by atomic mass is 32.2. The first-order valence-corrected chi connectivity index (χ1v) is 6.87. The molecule has 1 N–H and O–H groups in total. The van der Waals surface area contributed by atoms with Gasteiger partial charge in [-0.2, -0.15) is 11.8 Å². The lowest BCUT2D eigenvalue weighted by Gasteiger charge is -2.11. The fourth-order valence-electron chi connectivity index (χ4n) is 1.17. The van der Waals surface area contributed by atoms with Gasteiger partial charge < -0.3 is 5.32 Å². The van der Waals surface area contributed by atoms with E-state index in [1.807, 2.05) is 23.1 Å². The van der Waals surface area contributed by atoms with E-state index in [0.29, 0.717) is 6.04 Å². The number of thiophene rings is 1. The summed E-state index contributed by atoms with van der Waals surface area (Å²) in [6.45, 7) is 3.35. The molecule has 0 fully saturated rings. The quantitative estimate of drug-likeness (QED) is 0.732. The molecule has 74 valence electrons. The molecule has 1 atom stereocenters. The Morgan fingerprint density at radius 3 is 3.08 bits per heavy atom. The maximum Gasteiger partial charge on any atom is 0.0386 e. The molecule has 0 saturated carbocycles. The van der Waals surface area contributed by atoms with Gasteiger partial charge in [-0.05, 0) is 43.3 Å². The molecule has 0 spiro atoms. The number of hydrogen-bond acceptors (Lipinski definition) is 3. The van der Waals surface area contributed by atoms with E-state index < -0.39 is 0 Å². The first-order valence-electron chi connectivity index (χ1n) is 4.60. The highest BCUT2D eigenvalue weighted by Crippen LogP contribution is 2.17. The third kappa shape index (κ3) is 4.16. The van der Waals surface area contributed by atoms with Crippen molar-refractivity contribution in [2.75, 3.05) is 18.6 Å². The number of rotatable bonds is 6. The number of hydrogen-bond donors (Lipinski definition) is 1. The van der Waals surface area contributed by atoms with Crippen molar-refractivity contribution in [2.45, 2.75) is 19.4 Å². The van der Waals surface area contributed by atoms with Crippen molar-refractivity contribution >= 4 is 23.1 Å². The van der Waals surface area contributed by atoms with Crippen LogP contribution in [0.4, 0.5) is 0 Å². The zero-order valence-electron chi connectivity index (χ0n) is 8.25. The summed E-state index contributed by atoms with van der Waals surface area (Å²) in [4.78, 5) is 1.43. The third-order valence-corrected chi connectivity index (χ3v) is 3.70. The van der Waals surface area contributed by atoms with Crippen LogP contribution in [-0.2, 0) is 0 Å². The molecule has 0 saturated heterocycles. The lowest BCUT2D eigenvalue weighted by atomic mass is 10.2. The molecule has 0 amide bonds. The highest BCUT2D eigenvalue weighted by molar-refractivity contribution is 7.98. The Labute approximate surface area is 88.9 Å². The van der Waals surface area contributed by atoms with Crippen molar-refractivity contribution in [1.29, 1.82) is 0 Å². The van der Waals surface area contributed by atoms with Gasteiger partial charge in [0.25, 0.3) is 0 Å². The Morgan fingerprint density at radius 2 is 2.46 bits per heavy atom. The van der Waals surface area contributed by atoms with E-state index >= 15 is 0 Å². The van der Waals surface area contributed by atoms with Gasteiger partial charge in [-0.3, -0.25) is 0 Å². The Kier molecular flexibility index (Phi) is 5.51. The van der Waals surface area contributed by atoms with Gasteiger partial charge in [0.05, 0.1) is 0 Å². The molecule has 1 rings (SSSR count). The number of thioether (sulfide) groups is 1. The van der Waals surface area contributed by atoms with Crippen LogP contribution in [0.25, 0.3) is 0 Å². The molecule has 0 bridgehead atoms. The summed E-state index contributed by atoms with van der Waals surface area (Å²) in [5, 5.41) is 5.65. The molecule has 0 aromatic carbocycles. The maximum absolute atomic E-state index is 3.52. The maximum atomic E-state index is 3.52. The van der Waals surface area contributed by atoms with Crippen LogP contribution in [0.3, 0.4) is 0 Å². The summed E-state index contributed by atoms with van der Waals surface area (Å²) >= 11 is 3.74. The van der Waals surface area contributed by atoms with Crippen LogP contribution in [0.15, 0.2) is 17.5 Å². The van der Waals surface area contributed by atoms with E-state index in [1.54, 1.807) is 0 Å². The lowest BCUT2D eigenvalue weighted by molar-refractivity contribution is 0.580. The molecule has 0 radical (unpaired) electrons. The van der Waals surface area contributed by atoms with E-state index in [1.165, 1.54) is 17.1 Å². The SMILES string of the molecule is CSCCCN[C@H](C)c1cccs1. The molecule has 0 aliphatic heterocycles. The smallest absolute Gasteiger partial charge is 0.0386 e. The van der Waals surface area contributed by atoms with Gasteiger partial charge in [-0.25, -0.2) is 0 Å². The van der Waals surface area contributed by atoms with Crippen LogP contribution in [0.1, 0.15) is 24.3 Å².